The highest BCUT2D eigenvalue weighted by atomic mass is 79.9. The molecule has 1 heterocycles. The Labute approximate surface area is 111 Å². The molecule has 0 unspecified atom stereocenters. The van der Waals surface area contributed by atoms with Gasteiger partial charge in [0.2, 0.25) is 5.88 Å². The lowest BCUT2D eigenvalue weighted by Gasteiger charge is -2.11. The molecule has 2 rings (SSSR count). The van der Waals surface area contributed by atoms with E-state index in [1.54, 1.807) is 6.20 Å². The zero-order valence-electron chi connectivity index (χ0n) is 10.2. The van der Waals surface area contributed by atoms with Gasteiger partial charge in [0.05, 0.1) is 6.61 Å². The molecule has 0 amide bonds. The molecule has 1 aliphatic rings. The van der Waals surface area contributed by atoms with Crippen LogP contribution >= 0.6 is 15.9 Å². The van der Waals surface area contributed by atoms with Gasteiger partial charge in [-0.3, -0.25) is 0 Å². The molecule has 0 spiro atoms. The number of hydrogen-bond acceptors (Lipinski definition) is 3. The van der Waals surface area contributed by atoms with Crippen LogP contribution in [0.25, 0.3) is 0 Å². The lowest BCUT2D eigenvalue weighted by atomic mass is 10.2. The Kier molecular flexibility index (Phi) is 4.80. The molecule has 1 N–H and O–H groups in total. The number of nitrogens with zero attached hydrogens (tertiary/aromatic N) is 1. The van der Waals surface area contributed by atoms with E-state index < -0.39 is 0 Å². The number of rotatable bonds is 7. The first kappa shape index (κ1) is 12.8. The molecule has 0 aliphatic heterocycles. The largest absolute Gasteiger partial charge is 0.477 e. The maximum atomic E-state index is 5.77. The minimum Gasteiger partial charge on any atom is -0.477 e. The van der Waals surface area contributed by atoms with Crippen molar-refractivity contribution in [2.75, 3.05) is 13.2 Å². The van der Waals surface area contributed by atoms with Gasteiger partial charge in [-0.15, -0.1) is 0 Å². The van der Waals surface area contributed by atoms with Crippen LogP contribution in [0.4, 0.5) is 0 Å². The molecular formula is C13H19BrN2O. The first-order chi connectivity index (χ1) is 8.29. The molecule has 1 aromatic heterocycles. The first-order valence-corrected chi connectivity index (χ1v) is 7.07. The highest BCUT2D eigenvalue weighted by Crippen LogP contribution is 2.30. The van der Waals surface area contributed by atoms with Crippen molar-refractivity contribution in [3.63, 3.8) is 0 Å². The highest BCUT2D eigenvalue weighted by molar-refractivity contribution is 9.10. The van der Waals surface area contributed by atoms with E-state index in [1.165, 1.54) is 12.8 Å². The molecule has 1 fully saturated rings. The maximum Gasteiger partial charge on any atom is 0.217 e. The van der Waals surface area contributed by atoms with Gasteiger partial charge < -0.3 is 10.1 Å². The molecule has 3 nitrogen and oxygen atoms in total. The van der Waals surface area contributed by atoms with Crippen molar-refractivity contribution < 1.29 is 4.74 Å². The third-order valence-corrected chi connectivity index (χ3v) is 3.22. The summed E-state index contributed by atoms with van der Waals surface area (Å²) in [7, 11) is 0. The van der Waals surface area contributed by atoms with Gasteiger partial charge in [0.15, 0.2) is 0 Å². The summed E-state index contributed by atoms with van der Waals surface area (Å²) in [6.45, 7) is 4.82. The Bertz CT molecular complexity index is 366. The number of aromatic nitrogens is 1. The van der Waals surface area contributed by atoms with E-state index in [4.69, 9.17) is 4.74 Å². The predicted octanol–water partition coefficient (Wildman–Crippen LogP) is 3.13. The lowest BCUT2D eigenvalue weighted by Crippen LogP contribution is -2.15. The van der Waals surface area contributed by atoms with Crippen LogP contribution in [0.1, 0.15) is 31.7 Å². The molecule has 1 saturated carbocycles. The maximum absolute atomic E-state index is 5.77. The summed E-state index contributed by atoms with van der Waals surface area (Å²) in [5, 5.41) is 3.38. The molecule has 94 valence electrons. The number of pyridine rings is 1. The summed E-state index contributed by atoms with van der Waals surface area (Å²) < 4.78 is 6.78. The van der Waals surface area contributed by atoms with E-state index in [-0.39, 0.29) is 0 Å². The third kappa shape index (κ3) is 4.28. The number of ether oxygens (including phenoxy) is 1. The van der Waals surface area contributed by atoms with Gasteiger partial charge >= 0.3 is 0 Å². The summed E-state index contributed by atoms with van der Waals surface area (Å²) in [4.78, 5) is 4.35. The van der Waals surface area contributed by atoms with E-state index in [9.17, 15) is 0 Å². The highest BCUT2D eigenvalue weighted by Gasteiger charge is 2.22. The topological polar surface area (TPSA) is 34.2 Å². The number of halogens is 1. The van der Waals surface area contributed by atoms with Gasteiger partial charge in [-0.1, -0.05) is 6.92 Å². The second-order valence-corrected chi connectivity index (χ2v) is 5.46. The van der Waals surface area contributed by atoms with Crippen molar-refractivity contribution in [2.24, 2.45) is 5.92 Å². The van der Waals surface area contributed by atoms with Gasteiger partial charge in [0.1, 0.15) is 0 Å². The van der Waals surface area contributed by atoms with E-state index in [2.05, 4.69) is 39.2 Å². The molecule has 17 heavy (non-hydrogen) atoms. The third-order valence-electron chi connectivity index (χ3n) is 2.79. The summed E-state index contributed by atoms with van der Waals surface area (Å²) >= 11 is 3.45. The van der Waals surface area contributed by atoms with Crippen LogP contribution in [0.5, 0.6) is 5.88 Å². The fourth-order valence-corrected chi connectivity index (χ4v) is 1.99. The molecular weight excluding hydrogens is 280 g/mol. The Morgan fingerprint density at radius 3 is 3.06 bits per heavy atom. The number of hydrogen-bond donors (Lipinski definition) is 1. The van der Waals surface area contributed by atoms with Crippen molar-refractivity contribution in [2.45, 2.75) is 32.7 Å². The minimum absolute atomic E-state index is 0.761. The molecule has 1 aliphatic carbocycles. The fraction of sp³-hybridized carbons (Fsp3) is 0.615. The van der Waals surface area contributed by atoms with Crippen LogP contribution in [0.2, 0.25) is 0 Å². The fourth-order valence-electron chi connectivity index (χ4n) is 1.61. The summed E-state index contributed by atoms with van der Waals surface area (Å²) in [5.74, 6) is 1.54. The smallest absolute Gasteiger partial charge is 0.217 e. The van der Waals surface area contributed by atoms with Gasteiger partial charge in [-0.25, -0.2) is 4.98 Å². The first-order valence-electron chi connectivity index (χ1n) is 6.27. The molecule has 0 aromatic carbocycles. The molecule has 0 atom stereocenters. The van der Waals surface area contributed by atoms with E-state index in [0.717, 1.165) is 48.0 Å². The quantitative estimate of drug-likeness (QED) is 0.785. The van der Waals surface area contributed by atoms with Crippen LogP contribution in [0.15, 0.2) is 16.7 Å². The van der Waals surface area contributed by atoms with Crippen molar-refractivity contribution in [1.29, 1.82) is 0 Å². The summed E-state index contributed by atoms with van der Waals surface area (Å²) in [6.07, 6.45) is 5.55. The van der Waals surface area contributed by atoms with Crippen LogP contribution in [0, 0.1) is 5.92 Å². The van der Waals surface area contributed by atoms with Crippen LogP contribution in [0.3, 0.4) is 0 Å². The van der Waals surface area contributed by atoms with E-state index in [0.29, 0.717) is 0 Å². The van der Waals surface area contributed by atoms with Crippen molar-refractivity contribution in [1.82, 2.24) is 10.3 Å². The Morgan fingerprint density at radius 1 is 1.53 bits per heavy atom. The van der Waals surface area contributed by atoms with Gasteiger partial charge in [-0.2, -0.15) is 0 Å². The van der Waals surface area contributed by atoms with Gasteiger partial charge in [0, 0.05) is 22.8 Å². The molecule has 4 heteroatoms. The molecule has 0 bridgehead atoms. The second-order valence-electron chi connectivity index (χ2n) is 4.55. The molecule has 1 aromatic rings. The molecule has 0 saturated heterocycles. The zero-order valence-corrected chi connectivity index (χ0v) is 11.8. The zero-order chi connectivity index (χ0) is 12.1. The molecule has 0 radical (unpaired) electrons. The van der Waals surface area contributed by atoms with Crippen LogP contribution in [-0.4, -0.2) is 18.1 Å². The SMILES string of the molecule is CCCNCc1cc(Br)cnc1OCC1CC1. The standard InChI is InChI=1S/C13H19BrN2O/c1-2-5-15-7-11-6-12(14)8-16-13(11)17-9-10-3-4-10/h6,8,10,15H,2-5,7,9H2,1H3. The van der Waals surface area contributed by atoms with Crippen molar-refractivity contribution >= 4 is 15.9 Å². The van der Waals surface area contributed by atoms with E-state index >= 15 is 0 Å². The summed E-state index contributed by atoms with van der Waals surface area (Å²) in [5.41, 5.74) is 1.13. The van der Waals surface area contributed by atoms with Gasteiger partial charge in [0.25, 0.3) is 0 Å². The van der Waals surface area contributed by atoms with Gasteiger partial charge in [-0.05, 0) is 53.7 Å². The monoisotopic (exact) mass is 298 g/mol. The van der Waals surface area contributed by atoms with Crippen LogP contribution in [-0.2, 0) is 6.54 Å². The normalized spacial score (nSPS) is 14.9. The minimum atomic E-state index is 0.761. The Hall–Kier alpha value is -0.610. The second kappa shape index (κ2) is 6.36. The van der Waals surface area contributed by atoms with E-state index in [1.807, 2.05) is 0 Å². The number of nitrogens with one attached hydrogen (secondary N) is 1. The van der Waals surface area contributed by atoms with Crippen molar-refractivity contribution in [3.05, 3.63) is 22.3 Å². The average molecular weight is 299 g/mol. The predicted molar refractivity (Wildman–Crippen MR) is 72.2 cm³/mol. The lowest BCUT2D eigenvalue weighted by molar-refractivity contribution is 0.284. The average Bonchev–Trinajstić information content (AvgIpc) is 3.12. The Balaban J connectivity index is 1.95. The summed E-state index contributed by atoms with van der Waals surface area (Å²) in [6, 6.07) is 2.08. The van der Waals surface area contributed by atoms with Crippen LogP contribution < -0.4 is 10.1 Å². The Morgan fingerprint density at radius 2 is 2.35 bits per heavy atom. The van der Waals surface area contributed by atoms with Crippen molar-refractivity contribution in [3.8, 4) is 5.88 Å².